The molecule has 5 nitrogen and oxygen atoms in total. The van der Waals surface area contributed by atoms with Gasteiger partial charge in [0.25, 0.3) is 5.91 Å². The molecule has 0 radical (unpaired) electrons. The lowest BCUT2D eigenvalue weighted by atomic mass is 9.84. The van der Waals surface area contributed by atoms with Crippen molar-refractivity contribution < 1.29 is 4.79 Å². The molecule has 2 aromatic rings. The third-order valence-electron chi connectivity index (χ3n) is 5.97. The molecule has 2 aliphatic rings. The van der Waals surface area contributed by atoms with Crippen LogP contribution in [0.15, 0.2) is 24.4 Å². The van der Waals surface area contributed by atoms with Crippen LogP contribution in [0.3, 0.4) is 0 Å². The van der Waals surface area contributed by atoms with Crippen LogP contribution in [0, 0.1) is 5.92 Å². The Balaban J connectivity index is 1.40. The molecule has 26 heavy (non-hydrogen) atoms. The average molecular weight is 354 g/mol. The number of likely N-dealkylation sites (tertiary alicyclic amines) is 1. The fourth-order valence-electron chi connectivity index (χ4n) is 4.19. The first-order chi connectivity index (χ1) is 12.6. The summed E-state index contributed by atoms with van der Waals surface area (Å²) in [6.07, 6.45) is 8.30. The smallest absolute Gasteiger partial charge is 0.272 e. The number of hydrogen-bond donors (Lipinski definition) is 1. The van der Waals surface area contributed by atoms with Gasteiger partial charge in [-0.3, -0.25) is 4.79 Å². The second-order valence-electron chi connectivity index (χ2n) is 8.27. The SMILES string of the molecule is CC(C)c1nc(C(=O)NC2CCN(CC3CCC3)CC2)c2ccccn12. The van der Waals surface area contributed by atoms with Gasteiger partial charge in [-0.1, -0.05) is 26.3 Å². The summed E-state index contributed by atoms with van der Waals surface area (Å²) in [6.45, 7) is 7.68. The highest BCUT2D eigenvalue weighted by Gasteiger charge is 2.26. The number of nitrogens with one attached hydrogen (secondary N) is 1. The first-order valence-electron chi connectivity index (χ1n) is 10.1. The van der Waals surface area contributed by atoms with Crippen LogP contribution < -0.4 is 5.32 Å². The van der Waals surface area contributed by atoms with Gasteiger partial charge in [0.1, 0.15) is 5.82 Å². The van der Waals surface area contributed by atoms with E-state index >= 15 is 0 Å². The number of pyridine rings is 1. The van der Waals surface area contributed by atoms with Gasteiger partial charge >= 0.3 is 0 Å². The third kappa shape index (κ3) is 3.50. The van der Waals surface area contributed by atoms with Gasteiger partial charge in [-0.15, -0.1) is 0 Å². The highest BCUT2D eigenvalue weighted by atomic mass is 16.2. The minimum absolute atomic E-state index is 0.0296. The van der Waals surface area contributed by atoms with Crippen LogP contribution in [0.1, 0.15) is 68.2 Å². The number of nitrogens with zero attached hydrogens (tertiary/aromatic N) is 3. The summed E-state index contributed by atoms with van der Waals surface area (Å²) in [5.41, 5.74) is 1.46. The summed E-state index contributed by atoms with van der Waals surface area (Å²) in [4.78, 5) is 20.1. The van der Waals surface area contributed by atoms with Crippen LogP contribution in [0.2, 0.25) is 0 Å². The van der Waals surface area contributed by atoms with E-state index in [2.05, 4.69) is 29.0 Å². The van der Waals surface area contributed by atoms with Crippen LogP contribution >= 0.6 is 0 Å². The van der Waals surface area contributed by atoms with Gasteiger partial charge in [0, 0.05) is 37.8 Å². The number of amides is 1. The average Bonchev–Trinajstić information content (AvgIpc) is 2.99. The van der Waals surface area contributed by atoms with Crippen molar-refractivity contribution in [3.63, 3.8) is 0 Å². The number of fused-ring (bicyclic) bond motifs is 1. The monoisotopic (exact) mass is 354 g/mol. The topological polar surface area (TPSA) is 49.6 Å². The first kappa shape index (κ1) is 17.5. The minimum Gasteiger partial charge on any atom is -0.348 e. The summed E-state index contributed by atoms with van der Waals surface area (Å²) in [7, 11) is 0. The number of hydrogen-bond acceptors (Lipinski definition) is 3. The highest BCUT2D eigenvalue weighted by Crippen LogP contribution is 2.28. The second kappa shape index (κ2) is 7.39. The fraction of sp³-hybridized carbons (Fsp3) is 0.619. The number of piperidine rings is 1. The van der Waals surface area contributed by atoms with Crippen molar-refractivity contribution in [3.05, 3.63) is 35.9 Å². The van der Waals surface area contributed by atoms with Gasteiger partial charge in [-0.05, 0) is 43.7 Å². The number of carbonyl (C=O) groups is 1. The van der Waals surface area contributed by atoms with Crippen molar-refractivity contribution in [2.24, 2.45) is 5.92 Å². The predicted molar refractivity (Wildman–Crippen MR) is 104 cm³/mol. The minimum atomic E-state index is -0.0296. The molecule has 1 saturated carbocycles. The van der Waals surface area contributed by atoms with E-state index in [9.17, 15) is 4.79 Å². The highest BCUT2D eigenvalue weighted by molar-refractivity contribution is 5.99. The van der Waals surface area contributed by atoms with Crippen LogP contribution in [-0.2, 0) is 0 Å². The Kier molecular flexibility index (Phi) is 4.98. The molecular formula is C21H30N4O. The van der Waals surface area contributed by atoms with Gasteiger partial charge in [-0.2, -0.15) is 0 Å². The summed E-state index contributed by atoms with van der Waals surface area (Å²) < 4.78 is 2.04. The van der Waals surface area contributed by atoms with Crippen LogP contribution in [0.5, 0.6) is 0 Å². The normalized spacial score (nSPS) is 19.8. The quantitative estimate of drug-likeness (QED) is 0.895. The molecule has 0 spiro atoms. The van der Waals surface area contributed by atoms with E-state index in [1.165, 1.54) is 25.8 Å². The Morgan fingerprint density at radius 3 is 2.65 bits per heavy atom. The summed E-state index contributed by atoms with van der Waals surface area (Å²) >= 11 is 0. The maximum absolute atomic E-state index is 12.9. The number of carbonyl (C=O) groups excluding carboxylic acids is 1. The molecule has 1 aliphatic heterocycles. The van der Waals surface area contributed by atoms with Gasteiger partial charge in [0.2, 0.25) is 0 Å². The number of imidazole rings is 1. The molecule has 1 N–H and O–H groups in total. The molecular weight excluding hydrogens is 324 g/mol. The summed E-state index contributed by atoms with van der Waals surface area (Å²) in [5, 5.41) is 3.24. The lowest BCUT2D eigenvalue weighted by Crippen LogP contribution is -2.46. The number of rotatable bonds is 5. The zero-order chi connectivity index (χ0) is 18.1. The fourth-order valence-corrected chi connectivity index (χ4v) is 4.19. The van der Waals surface area contributed by atoms with E-state index in [1.807, 2.05) is 28.8 Å². The van der Waals surface area contributed by atoms with Gasteiger partial charge in [-0.25, -0.2) is 4.98 Å². The molecule has 0 aromatic carbocycles. The predicted octanol–water partition coefficient (Wildman–Crippen LogP) is 3.45. The number of aromatic nitrogens is 2. The molecule has 1 saturated heterocycles. The first-order valence-corrected chi connectivity index (χ1v) is 10.1. The standard InChI is InChI=1S/C21H30N4O/c1-15(2)20-23-19(18-8-3-4-11-25(18)20)21(26)22-17-9-12-24(13-10-17)14-16-6-5-7-16/h3-4,8,11,15-17H,5-7,9-10,12-14H2,1-2H3,(H,22,26). The zero-order valence-electron chi connectivity index (χ0n) is 15.9. The molecule has 1 amide bonds. The van der Waals surface area contributed by atoms with Gasteiger partial charge in [0.15, 0.2) is 5.69 Å². The lowest BCUT2D eigenvalue weighted by molar-refractivity contribution is 0.0892. The lowest BCUT2D eigenvalue weighted by Gasteiger charge is -2.37. The van der Waals surface area contributed by atoms with Crippen LogP contribution in [0.25, 0.3) is 5.52 Å². The largest absolute Gasteiger partial charge is 0.348 e. The van der Waals surface area contributed by atoms with Crippen molar-refractivity contribution >= 4 is 11.4 Å². The zero-order valence-corrected chi connectivity index (χ0v) is 15.9. The molecule has 1 aliphatic carbocycles. The molecule has 140 valence electrons. The van der Waals surface area contributed by atoms with Crippen molar-refractivity contribution in [1.29, 1.82) is 0 Å². The van der Waals surface area contributed by atoms with E-state index in [0.717, 1.165) is 43.2 Å². The Bertz CT molecular complexity index is 769. The van der Waals surface area contributed by atoms with Gasteiger partial charge < -0.3 is 14.6 Å². The van der Waals surface area contributed by atoms with Crippen molar-refractivity contribution in [3.8, 4) is 0 Å². The third-order valence-corrected chi connectivity index (χ3v) is 5.97. The Morgan fingerprint density at radius 2 is 2.00 bits per heavy atom. The molecule has 4 rings (SSSR count). The molecule has 2 fully saturated rings. The summed E-state index contributed by atoms with van der Waals surface area (Å²) in [5.74, 6) is 2.12. The summed E-state index contributed by atoms with van der Waals surface area (Å²) in [6, 6.07) is 6.20. The molecule has 0 atom stereocenters. The van der Waals surface area contributed by atoms with Crippen molar-refractivity contribution in [2.45, 2.75) is 57.9 Å². The maximum Gasteiger partial charge on any atom is 0.272 e. The Hall–Kier alpha value is -1.88. The molecule has 2 aromatic heterocycles. The van der Waals surface area contributed by atoms with Crippen LogP contribution in [0.4, 0.5) is 0 Å². The van der Waals surface area contributed by atoms with Gasteiger partial charge in [0.05, 0.1) is 5.52 Å². The van der Waals surface area contributed by atoms with E-state index in [1.54, 1.807) is 0 Å². The molecule has 0 unspecified atom stereocenters. The molecule has 5 heteroatoms. The van der Waals surface area contributed by atoms with E-state index in [-0.39, 0.29) is 17.9 Å². The van der Waals surface area contributed by atoms with Crippen LogP contribution in [-0.4, -0.2) is 45.9 Å². The Morgan fingerprint density at radius 1 is 1.23 bits per heavy atom. The second-order valence-corrected chi connectivity index (χ2v) is 8.27. The van der Waals surface area contributed by atoms with E-state index in [0.29, 0.717) is 5.69 Å². The maximum atomic E-state index is 12.9. The van der Waals surface area contributed by atoms with Crippen molar-refractivity contribution in [2.75, 3.05) is 19.6 Å². The molecule has 3 heterocycles. The van der Waals surface area contributed by atoms with Crippen molar-refractivity contribution in [1.82, 2.24) is 19.6 Å². The van der Waals surface area contributed by atoms with E-state index < -0.39 is 0 Å². The Labute approximate surface area is 155 Å². The molecule has 0 bridgehead atoms. The van der Waals surface area contributed by atoms with E-state index in [4.69, 9.17) is 0 Å².